The average Bonchev–Trinajstić information content (AvgIpc) is 2.45. The number of ketones is 1. The highest BCUT2D eigenvalue weighted by Gasteiger charge is 2.22. The van der Waals surface area contributed by atoms with Crippen molar-refractivity contribution in [2.24, 2.45) is 0 Å². The summed E-state index contributed by atoms with van der Waals surface area (Å²) < 4.78 is 5.68. The normalized spacial score (nSPS) is 22.3. The number of ether oxygens (including phenoxy) is 1. The van der Waals surface area contributed by atoms with E-state index in [9.17, 15) is 9.59 Å². The Morgan fingerprint density at radius 3 is 2.32 bits per heavy atom. The lowest BCUT2D eigenvalue weighted by atomic mass is 10.1. The number of carbonyl (C=O) groups is 2. The van der Waals surface area contributed by atoms with Gasteiger partial charge in [0.05, 0.1) is 12.2 Å². The molecule has 1 aromatic rings. The first-order valence-electron chi connectivity index (χ1n) is 7.72. The minimum atomic E-state index is -0.0117. The monoisotopic (exact) mass is 304 g/mol. The summed E-state index contributed by atoms with van der Waals surface area (Å²) >= 11 is 0. The number of amides is 1. The van der Waals surface area contributed by atoms with Crippen molar-refractivity contribution in [2.45, 2.75) is 39.4 Å². The largest absolute Gasteiger partial charge is 0.373 e. The van der Waals surface area contributed by atoms with Gasteiger partial charge in [-0.05, 0) is 45.0 Å². The number of nitrogens with one attached hydrogen (secondary N) is 1. The Balaban J connectivity index is 1.79. The summed E-state index contributed by atoms with van der Waals surface area (Å²) in [6, 6.07) is 6.97. The topological polar surface area (TPSA) is 58.6 Å². The maximum absolute atomic E-state index is 12.0. The van der Waals surface area contributed by atoms with Gasteiger partial charge in [-0.2, -0.15) is 0 Å². The van der Waals surface area contributed by atoms with Gasteiger partial charge in [0.1, 0.15) is 0 Å². The van der Waals surface area contributed by atoms with Crippen LogP contribution >= 0.6 is 0 Å². The van der Waals surface area contributed by atoms with Crippen molar-refractivity contribution in [3.8, 4) is 0 Å². The fraction of sp³-hybridized carbons (Fsp3) is 0.529. The van der Waals surface area contributed by atoms with E-state index in [1.54, 1.807) is 24.3 Å². The van der Waals surface area contributed by atoms with Gasteiger partial charge < -0.3 is 10.1 Å². The molecule has 0 aliphatic carbocycles. The Labute approximate surface area is 131 Å². The van der Waals surface area contributed by atoms with Gasteiger partial charge >= 0.3 is 0 Å². The smallest absolute Gasteiger partial charge is 0.225 e. The first kappa shape index (κ1) is 16.6. The Morgan fingerprint density at radius 1 is 1.18 bits per heavy atom. The van der Waals surface area contributed by atoms with Crippen LogP contribution in [0.5, 0.6) is 0 Å². The van der Waals surface area contributed by atoms with Crippen LogP contribution in [0.2, 0.25) is 0 Å². The zero-order valence-corrected chi connectivity index (χ0v) is 13.5. The van der Waals surface area contributed by atoms with Gasteiger partial charge in [0.2, 0.25) is 5.91 Å². The molecule has 1 aromatic carbocycles. The third kappa shape index (κ3) is 4.93. The molecule has 1 amide bonds. The summed E-state index contributed by atoms with van der Waals surface area (Å²) in [6.45, 7) is 8.10. The maximum atomic E-state index is 12.0. The number of rotatable bonds is 5. The molecule has 2 atom stereocenters. The van der Waals surface area contributed by atoms with Gasteiger partial charge in [0.15, 0.2) is 5.78 Å². The molecule has 1 aliphatic rings. The van der Waals surface area contributed by atoms with Crippen LogP contribution in [0.4, 0.5) is 5.69 Å². The van der Waals surface area contributed by atoms with Crippen LogP contribution in [-0.4, -0.2) is 48.4 Å². The number of morpholine rings is 1. The van der Waals surface area contributed by atoms with Crippen LogP contribution in [-0.2, 0) is 9.53 Å². The highest BCUT2D eigenvalue weighted by atomic mass is 16.5. The fourth-order valence-electron chi connectivity index (χ4n) is 2.74. The van der Waals surface area contributed by atoms with E-state index in [0.29, 0.717) is 12.0 Å². The van der Waals surface area contributed by atoms with Crippen molar-refractivity contribution < 1.29 is 14.3 Å². The van der Waals surface area contributed by atoms with Crippen molar-refractivity contribution in [1.82, 2.24) is 4.90 Å². The molecule has 5 nitrogen and oxygen atoms in total. The minimum Gasteiger partial charge on any atom is -0.373 e. The number of hydrogen-bond acceptors (Lipinski definition) is 4. The van der Waals surface area contributed by atoms with Gasteiger partial charge in [-0.15, -0.1) is 0 Å². The molecule has 0 radical (unpaired) electrons. The number of carbonyl (C=O) groups excluding carboxylic acids is 2. The molecule has 0 spiro atoms. The number of nitrogens with zero attached hydrogens (tertiary/aromatic N) is 1. The summed E-state index contributed by atoms with van der Waals surface area (Å²) in [7, 11) is 0. The van der Waals surface area contributed by atoms with Crippen molar-refractivity contribution in [3.05, 3.63) is 29.8 Å². The van der Waals surface area contributed by atoms with E-state index in [-0.39, 0.29) is 23.9 Å². The molecule has 1 fully saturated rings. The van der Waals surface area contributed by atoms with E-state index in [4.69, 9.17) is 4.74 Å². The first-order chi connectivity index (χ1) is 10.4. The lowest BCUT2D eigenvalue weighted by Gasteiger charge is -2.35. The molecule has 0 bridgehead atoms. The van der Waals surface area contributed by atoms with E-state index in [1.807, 2.05) is 0 Å². The molecule has 1 N–H and O–H groups in total. The zero-order chi connectivity index (χ0) is 16.1. The summed E-state index contributed by atoms with van der Waals surface area (Å²) in [4.78, 5) is 25.5. The van der Waals surface area contributed by atoms with Crippen molar-refractivity contribution >= 4 is 17.4 Å². The van der Waals surface area contributed by atoms with E-state index >= 15 is 0 Å². The van der Waals surface area contributed by atoms with Crippen molar-refractivity contribution in [1.29, 1.82) is 0 Å². The Hall–Kier alpha value is -1.72. The second kappa shape index (κ2) is 7.51. The predicted molar refractivity (Wildman–Crippen MR) is 86.1 cm³/mol. The molecule has 5 heteroatoms. The second-order valence-electron chi connectivity index (χ2n) is 5.95. The molecule has 2 unspecified atom stereocenters. The van der Waals surface area contributed by atoms with Gasteiger partial charge in [-0.3, -0.25) is 14.5 Å². The Bertz CT molecular complexity index is 517. The molecule has 120 valence electrons. The van der Waals surface area contributed by atoms with E-state index < -0.39 is 0 Å². The molecule has 1 aliphatic heterocycles. The van der Waals surface area contributed by atoms with Crippen LogP contribution < -0.4 is 5.32 Å². The van der Waals surface area contributed by atoms with Gasteiger partial charge in [0.25, 0.3) is 0 Å². The Kier molecular flexibility index (Phi) is 5.69. The lowest BCUT2D eigenvalue weighted by molar-refractivity contribution is -0.117. The summed E-state index contributed by atoms with van der Waals surface area (Å²) in [5, 5.41) is 2.86. The minimum absolute atomic E-state index is 0.0117. The van der Waals surface area contributed by atoms with E-state index in [0.717, 1.165) is 25.3 Å². The fourth-order valence-corrected chi connectivity index (χ4v) is 2.74. The van der Waals surface area contributed by atoms with Gasteiger partial charge in [-0.1, -0.05) is 0 Å². The van der Waals surface area contributed by atoms with E-state index in [1.165, 1.54) is 6.92 Å². The summed E-state index contributed by atoms with van der Waals surface area (Å²) in [5.41, 5.74) is 1.37. The molecule has 0 saturated carbocycles. The third-order valence-corrected chi connectivity index (χ3v) is 3.73. The molecular formula is C17H24N2O3. The summed E-state index contributed by atoms with van der Waals surface area (Å²) in [5.74, 6) is 0.0100. The predicted octanol–water partition coefficient (Wildman–Crippen LogP) is 2.33. The van der Waals surface area contributed by atoms with Crippen LogP contribution in [0.1, 0.15) is 37.6 Å². The van der Waals surface area contributed by atoms with Gasteiger partial charge in [-0.25, -0.2) is 0 Å². The molecule has 2 rings (SSSR count). The number of Topliss-reactive ketones (excluding diaryl/α,β-unsaturated/α-hetero) is 1. The van der Waals surface area contributed by atoms with Crippen LogP contribution in [0.15, 0.2) is 24.3 Å². The number of anilines is 1. The van der Waals surface area contributed by atoms with Crippen LogP contribution in [0.3, 0.4) is 0 Å². The Morgan fingerprint density at radius 2 is 1.77 bits per heavy atom. The second-order valence-corrected chi connectivity index (χ2v) is 5.95. The van der Waals surface area contributed by atoms with Crippen LogP contribution in [0, 0.1) is 0 Å². The third-order valence-electron chi connectivity index (χ3n) is 3.73. The molecule has 0 aromatic heterocycles. The number of benzene rings is 1. The van der Waals surface area contributed by atoms with Crippen molar-refractivity contribution in [3.63, 3.8) is 0 Å². The summed E-state index contributed by atoms with van der Waals surface area (Å²) in [6.07, 6.45) is 0.880. The van der Waals surface area contributed by atoms with E-state index in [2.05, 4.69) is 24.1 Å². The molecule has 1 heterocycles. The lowest BCUT2D eigenvalue weighted by Crippen LogP contribution is -2.46. The quantitative estimate of drug-likeness (QED) is 0.848. The molecule has 1 saturated heterocycles. The maximum Gasteiger partial charge on any atom is 0.225 e. The standard InChI is InChI=1S/C17H24N2O3/c1-12-10-19(11-13(2)22-12)9-8-17(21)18-16-6-4-15(5-7-16)14(3)20/h4-7,12-13H,8-11H2,1-3H3,(H,18,21). The van der Waals surface area contributed by atoms with Gasteiger partial charge in [0, 0.05) is 37.3 Å². The molecular weight excluding hydrogens is 280 g/mol. The highest BCUT2D eigenvalue weighted by molar-refractivity contribution is 5.95. The van der Waals surface area contributed by atoms with Crippen molar-refractivity contribution in [2.75, 3.05) is 25.0 Å². The molecule has 22 heavy (non-hydrogen) atoms. The zero-order valence-electron chi connectivity index (χ0n) is 13.5. The first-order valence-corrected chi connectivity index (χ1v) is 7.72. The number of hydrogen-bond donors (Lipinski definition) is 1. The highest BCUT2D eigenvalue weighted by Crippen LogP contribution is 2.12. The van der Waals surface area contributed by atoms with Crippen LogP contribution in [0.25, 0.3) is 0 Å². The average molecular weight is 304 g/mol. The SMILES string of the molecule is CC(=O)c1ccc(NC(=O)CCN2CC(C)OC(C)C2)cc1.